The maximum Gasteiger partial charge on any atom is 0.338 e. The largest absolute Gasteiger partial charge is 0.458 e. The number of carbonyl (C=O) groups excluding carboxylic acids is 5. The highest BCUT2D eigenvalue weighted by Crippen LogP contribution is 2.63. The second-order valence-corrected chi connectivity index (χ2v) is 13.7. The maximum atomic E-state index is 14.7. The van der Waals surface area contributed by atoms with Crippen molar-refractivity contribution in [2.45, 2.75) is 78.3 Å². The fraction of sp³-hybridized carbons (Fsp3) is 0.447. The third-order valence-corrected chi connectivity index (χ3v) is 10.1. The molecule has 2 fully saturated rings. The number of carbonyl (C=O) groups is 5. The molecule has 47 heavy (non-hydrogen) atoms. The van der Waals surface area contributed by atoms with Crippen LogP contribution in [-0.4, -0.2) is 53.6 Å². The van der Waals surface area contributed by atoms with Crippen molar-refractivity contribution in [1.29, 1.82) is 0 Å². The zero-order valence-corrected chi connectivity index (χ0v) is 27.7. The molecule has 9 nitrogen and oxygen atoms in total. The molecule has 2 aromatic carbocycles. The van der Waals surface area contributed by atoms with Gasteiger partial charge in [-0.05, 0) is 66.4 Å². The first-order chi connectivity index (χ1) is 22.2. The van der Waals surface area contributed by atoms with Gasteiger partial charge in [-0.1, -0.05) is 69.8 Å². The Morgan fingerprint density at radius 2 is 1.38 bits per heavy atom. The molecule has 0 aliphatic heterocycles. The van der Waals surface area contributed by atoms with Gasteiger partial charge in [-0.25, -0.2) is 9.59 Å². The van der Waals surface area contributed by atoms with Crippen molar-refractivity contribution in [3.8, 4) is 0 Å². The minimum absolute atomic E-state index is 0.00893. The summed E-state index contributed by atoms with van der Waals surface area (Å²) in [5.41, 5.74) is -0.942. The maximum absolute atomic E-state index is 14.7. The van der Waals surface area contributed by atoms with E-state index in [4.69, 9.17) is 18.9 Å². The van der Waals surface area contributed by atoms with E-state index in [0.29, 0.717) is 17.6 Å². The predicted molar refractivity (Wildman–Crippen MR) is 172 cm³/mol. The van der Waals surface area contributed by atoms with Crippen LogP contribution in [0.3, 0.4) is 0 Å². The number of hydrogen-bond acceptors (Lipinski definition) is 9. The Kier molecular flexibility index (Phi) is 9.31. The molecule has 3 aliphatic rings. The van der Waals surface area contributed by atoms with Crippen LogP contribution in [0.15, 0.2) is 84.5 Å². The molecule has 0 spiro atoms. The Bertz CT molecular complexity index is 1610. The number of ether oxygens (including phenoxy) is 4. The molecular weight excluding hydrogens is 600 g/mol. The van der Waals surface area contributed by atoms with E-state index < -0.39 is 65.4 Å². The molecule has 0 unspecified atom stereocenters. The van der Waals surface area contributed by atoms with E-state index in [-0.39, 0.29) is 34.8 Å². The van der Waals surface area contributed by atoms with Crippen molar-refractivity contribution >= 4 is 29.7 Å². The summed E-state index contributed by atoms with van der Waals surface area (Å²) < 4.78 is 24.3. The second-order valence-electron chi connectivity index (χ2n) is 13.7. The minimum Gasteiger partial charge on any atom is -0.458 e. The van der Waals surface area contributed by atoms with Crippen molar-refractivity contribution in [3.63, 3.8) is 0 Å². The lowest BCUT2D eigenvalue weighted by Gasteiger charge is -2.40. The molecule has 0 radical (unpaired) electrons. The summed E-state index contributed by atoms with van der Waals surface area (Å²) in [5.74, 6) is -4.93. The molecule has 0 saturated heterocycles. The van der Waals surface area contributed by atoms with Crippen LogP contribution >= 0.6 is 0 Å². The minimum atomic E-state index is -1.89. The Balaban J connectivity index is 1.68. The molecule has 2 aromatic rings. The lowest BCUT2D eigenvalue weighted by molar-refractivity contribution is -0.179. The van der Waals surface area contributed by atoms with Gasteiger partial charge in [0.1, 0.15) is 18.3 Å². The van der Waals surface area contributed by atoms with Crippen LogP contribution in [0.2, 0.25) is 0 Å². The highest BCUT2D eigenvalue weighted by atomic mass is 16.6. The van der Waals surface area contributed by atoms with Crippen LogP contribution in [0.25, 0.3) is 0 Å². The number of esters is 4. The molecule has 3 aliphatic carbocycles. The summed E-state index contributed by atoms with van der Waals surface area (Å²) in [4.78, 5) is 67.3. The van der Waals surface area contributed by atoms with E-state index >= 15 is 0 Å². The molecule has 9 heteroatoms. The van der Waals surface area contributed by atoms with E-state index in [1.54, 1.807) is 74.5 Å². The van der Waals surface area contributed by atoms with Gasteiger partial charge in [-0.15, -0.1) is 0 Å². The summed E-state index contributed by atoms with van der Waals surface area (Å²) in [5, 5.41) is 0. The second kappa shape index (κ2) is 12.9. The van der Waals surface area contributed by atoms with Crippen molar-refractivity contribution in [2.75, 3.05) is 0 Å². The first kappa shape index (κ1) is 33.8. The standard InChI is InChI=1S/C38H42O9/c1-21-18-28-29(37(28,6)7)19-30(45-35(42)26-14-10-8-11-15-26)23(3)33(44-24(4)39)31-32(46-36(43)27-16-12-9-13-17-27)22(2)20-38(31,34(21)41)47-25(5)40/h8-18,22,28-33H,3,19-20H2,1-2,4-7H3/t22-,28+,29-,30+,31+,32-,33-,38+/m0/s1. The molecule has 5 rings (SSSR count). The van der Waals surface area contributed by atoms with Crippen LogP contribution in [0.4, 0.5) is 0 Å². The van der Waals surface area contributed by atoms with Gasteiger partial charge in [0, 0.05) is 25.8 Å². The number of benzene rings is 2. The number of rotatable bonds is 6. The lowest BCUT2D eigenvalue weighted by atomic mass is 9.76. The number of allylic oxidation sites excluding steroid dienone is 1. The fourth-order valence-corrected chi connectivity index (χ4v) is 7.64. The van der Waals surface area contributed by atoms with Gasteiger partial charge in [0.15, 0.2) is 5.60 Å². The highest BCUT2D eigenvalue weighted by molar-refractivity contribution is 6.03. The molecule has 0 amide bonds. The van der Waals surface area contributed by atoms with Gasteiger partial charge in [0.25, 0.3) is 0 Å². The van der Waals surface area contributed by atoms with Gasteiger partial charge in [-0.3, -0.25) is 14.4 Å². The van der Waals surface area contributed by atoms with Crippen LogP contribution in [0, 0.1) is 29.1 Å². The van der Waals surface area contributed by atoms with Gasteiger partial charge in [-0.2, -0.15) is 0 Å². The van der Waals surface area contributed by atoms with Crippen molar-refractivity contribution in [1.82, 2.24) is 0 Å². The topological polar surface area (TPSA) is 122 Å². The van der Waals surface area contributed by atoms with Crippen LogP contribution in [0.5, 0.6) is 0 Å². The quantitative estimate of drug-likeness (QED) is 0.210. The molecule has 0 heterocycles. The van der Waals surface area contributed by atoms with Gasteiger partial charge < -0.3 is 18.9 Å². The molecule has 248 valence electrons. The Labute approximate surface area is 275 Å². The van der Waals surface area contributed by atoms with E-state index in [0.717, 1.165) is 0 Å². The van der Waals surface area contributed by atoms with Crippen molar-refractivity contribution < 1.29 is 42.9 Å². The molecule has 2 saturated carbocycles. The van der Waals surface area contributed by atoms with E-state index in [9.17, 15) is 24.0 Å². The average Bonchev–Trinajstić information content (AvgIpc) is 3.41. The number of Topliss-reactive ketones (excluding diaryl/α,β-unsaturated/α-hetero) is 1. The Hall–Kier alpha value is -4.53. The summed E-state index contributed by atoms with van der Waals surface area (Å²) in [6.45, 7) is 14.4. The highest BCUT2D eigenvalue weighted by Gasteiger charge is 2.66. The summed E-state index contributed by atoms with van der Waals surface area (Å²) in [6, 6.07) is 16.9. The zero-order chi connectivity index (χ0) is 34.3. The van der Waals surface area contributed by atoms with Gasteiger partial charge in [0.05, 0.1) is 17.0 Å². The zero-order valence-electron chi connectivity index (χ0n) is 27.7. The number of hydrogen-bond donors (Lipinski definition) is 0. The Morgan fingerprint density at radius 1 is 0.830 bits per heavy atom. The fourth-order valence-electron chi connectivity index (χ4n) is 7.64. The number of ketones is 1. The van der Waals surface area contributed by atoms with Gasteiger partial charge in [0.2, 0.25) is 5.78 Å². The third kappa shape index (κ3) is 6.53. The molecule has 0 bridgehead atoms. The summed E-state index contributed by atoms with van der Waals surface area (Å²) >= 11 is 0. The smallest absolute Gasteiger partial charge is 0.338 e. The Morgan fingerprint density at radius 3 is 1.91 bits per heavy atom. The molecule has 0 N–H and O–H groups in total. The lowest BCUT2D eigenvalue weighted by Crippen LogP contribution is -2.55. The first-order valence-electron chi connectivity index (χ1n) is 16.0. The molecule has 0 aromatic heterocycles. The molecule has 8 atom stereocenters. The van der Waals surface area contributed by atoms with E-state index in [2.05, 4.69) is 20.4 Å². The van der Waals surface area contributed by atoms with Crippen molar-refractivity contribution in [3.05, 3.63) is 95.6 Å². The molecular formula is C38H42O9. The number of fused-ring (bicyclic) bond motifs is 2. The van der Waals surface area contributed by atoms with Gasteiger partial charge >= 0.3 is 23.9 Å². The van der Waals surface area contributed by atoms with E-state index in [1.807, 2.05) is 6.08 Å². The predicted octanol–water partition coefficient (Wildman–Crippen LogP) is 6.07. The third-order valence-electron chi connectivity index (χ3n) is 10.1. The van der Waals surface area contributed by atoms with Crippen LogP contribution in [-0.2, 0) is 33.3 Å². The summed E-state index contributed by atoms with van der Waals surface area (Å²) in [6.07, 6.45) is -1.13. The first-order valence-corrected chi connectivity index (χ1v) is 16.0. The van der Waals surface area contributed by atoms with Crippen LogP contribution in [0.1, 0.15) is 75.1 Å². The SMILES string of the molecule is C=C1[C@H](OC(=O)c2ccccc2)C[C@H]2[C@@H](C=C(C)C(=O)[C@@]3(OC(C)=O)C[C@H](C)[C@H](OC(=O)c4ccccc4)[C@@H]3[C@H]1OC(C)=O)C2(C)C. The normalized spacial score (nSPS) is 31.2. The summed E-state index contributed by atoms with van der Waals surface area (Å²) in [7, 11) is 0. The monoisotopic (exact) mass is 642 g/mol. The van der Waals surface area contributed by atoms with Crippen LogP contribution < -0.4 is 0 Å². The van der Waals surface area contributed by atoms with Crippen molar-refractivity contribution in [2.24, 2.45) is 29.1 Å². The average molecular weight is 643 g/mol. The van der Waals surface area contributed by atoms with E-state index in [1.165, 1.54) is 13.8 Å².